The van der Waals surface area contributed by atoms with Crippen molar-refractivity contribution < 1.29 is 18.0 Å². The van der Waals surface area contributed by atoms with Crippen LogP contribution in [0.1, 0.15) is 34.8 Å². The zero-order valence-corrected chi connectivity index (χ0v) is 16.5. The molecule has 0 fully saturated rings. The average molecular weight is 362 g/mol. The van der Waals surface area contributed by atoms with Gasteiger partial charge >= 0.3 is 0 Å². The summed E-state index contributed by atoms with van der Waals surface area (Å²) in [5, 5.41) is 0. The Balaban J connectivity index is 2.06. The SMILES string of the molecule is Cc1cccc(C)c1C(C[N+](C)(C)C)OCCCc1c(F)cccc1F. The van der Waals surface area contributed by atoms with E-state index in [1.807, 2.05) is 0 Å². The van der Waals surface area contributed by atoms with Gasteiger partial charge in [0, 0.05) is 12.2 Å². The lowest BCUT2D eigenvalue weighted by atomic mass is 9.97. The van der Waals surface area contributed by atoms with Crippen molar-refractivity contribution in [2.45, 2.75) is 32.8 Å². The Kier molecular flexibility index (Phi) is 6.90. The predicted octanol–water partition coefficient (Wildman–Crippen LogP) is 4.98. The lowest BCUT2D eigenvalue weighted by Gasteiger charge is -2.31. The van der Waals surface area contributed by atoms with Crippen LogP contribution in [0, 0.1) is 25.5 Å². The van der Waals surface area contributed by atoms with E-state index in [9.17, 15) is 8.78 Å². The zero-order chi connectivity index (χ0) is 19.3. The molecule has 26 heavy (non-hydrogen) atoms. The van der Waals surface area contributed by atoms with E-state index in [0.717, 1.165) is 11.0 Å². The molecule has 1 unspecified atom stereocenters. The molecular weight excluding hydrogens is 332 g/mol. The molecule has 2 aromatic rings. The molecule has 0 heterocycles. The van der Waals surface area contributed by atoms with Gasteiger partial charge in [0.25, 0.3) is 0 Å². The van der Waals surface area contributed by atoms with Crippen LogP contribution in [0.3, 0.4) is 0 Å². The van der Waals surface area contributed by atoms with Crippen molar-refractivity contribution in [1.29, 1.82) is 0 Å². The highest BCUT2D eigenvalue weighted by Crippen LogP contribution is 2.27. The number of aryl methyl sites for hydroxylation is 2. The number of nitrogens with zero attached hydrogens (tertiary/aromatic N) is 1. The molecule has 0 aromatic heterocycles. The maximum absolute atomic E-state index is 13.7. The van der Waals surface area contributed by atoms with Gasteiger partial charge in [-0.05, 0) is 55.5 Å². The lowest BCUT2D eigenvalue weighted by molar-refractivity contribution is -0.874. The summed E-state index contributed by atoms with van der Waals surface area (Å²) in [5.41, 5.74) is 3.79. The van der Waals surface area contributed by atoms with Gasteiger partial charge in [0.05, 0.1) is 21.1 Å². The van der Waals surface area contributed by atoms with Crippen LogP contribution >= 0.6 is 0 Å². The highest BCUT2D eigenvalue weighted by Gasteiger charge is 2.23. The molecule has 2 aromatic carbocycles. The molecule has 0 spiro atoms. The summed E-state index contributed by atoms with van der Waals surface area (Å²) >= 11 is 0. The minimum Gasteiger partial charge on any atom is -0.368 e. The van der Waals surface area contributed by atoms with E-state index in [1.54, 1.807) is 0 Å². The van der Waals surface area contributed by atoms with Crippen molar-refractivity contribution in [1.82, 2.24) is 0 Å². The zero-order valence-electron chi connectivity index (χ0n) is 16.5. The van der Waals surface area contributed by atoms with Crippen LogP contribution in [0.5, 0.6) is 0 Å². The Hall–Kier alpha value is -1.78. The predicted molar refractivity (Wildman–Crippen MR) is 102 cm³/mol. The lowest BCUT2D eigenvalue weighted by Crippen LogP contribution is -2.39. The summed E-state index contributed by atoms with van der Waals surface area (Å²) in [6.07, 6.45) is 0.875. The largest absolute Gasteiger partial charge is 0.368 e. The first-order chi connectivity index (χ1) is 12.2. The van der Waals surface area contributed by atoms with E-state index < -0.39 is 11.6 Å². The van der Waals surface area contributed by atoms with Crippen LogP contribution in [-0.4, -0.2) is 38.8 Å². The topological polar surface area (TPSA) is 9.23 Å². The highest BCUT2D eigenvalue weighted by molar-refractivity contribution is 5.35. The maximum Gasteiger partial charge on any atom is 0.132 e. The van der Waals surface area contributed by atoms with Gasteiger partial charge in [-0.1, -0.05) is 24.3 Å². The van der Waals surface area contributed by atoms with Gasteiger partial charge in [0.1, 0.15) is 24.3 Å². The summed E-state index contributed by atoms with van der Waals surface area (Å²) in [6.45, 7) is 5.50. The van der Waals surface area contributed by atoms with Crippen LogP contribution in [-0.2, 0) is 11.2 Å². The molecule has 1 atom stereocenters. The average Bonchev–Trinajstić information content (AvgIpc) is 2.51. The first-order valence-corrected chi connectivity index (χ1v) is 9.10. The number of hydrogen-bond acceptors (Lipinski definition) is 1. The molecule has 0 radical (unpaired) electrons. The Bertz CT molecular complexity index is 697. The van der Waals surface area contributed by atoms with Crippen molar-refractivity contribution in [3.05, 3.63) is 70.3 Å². The van der Waals surface area contributed by atoms with Crippen molar-refractivity contribution in [2.75, 3.05) is 34.3 Å². The minimum atomic E-state index is -0.484. The molecule has 0 N–H and O–H groups in total. The molecule has 0 amide bonds. The summed E-state index contributed by atoms with van der Waals surface area (Å²) in [4.78, 5) is 0. The Labute approximate surface area is 156 Å². The molecule has 0 aliphatic carbocycles. The second kappa shape index (κ2) is 8.74. The number of quaternary nitrogens is 1. The Morgan fingerprint density at radius 3 is 2.00 bits per heavy atom. The van der Waals surface area contributed by atoms with E-state index in [4.69, 9.17) is 4.74 Å². The Morgan fingerprint density at radius 2 is 1.46 bits per heavy atom. The number of hydrogen-bond donors (Lipinski definition) is 0. The summed E-state index contributed by atoms with van der Waals surface area (Å²) < 4.78 is 34.5. The molecule has 142 valence electrons. The van der Waals surface area contributed by atoms with Gasteiger partial charge in [-0.15, -0.1) is 0 Å². The van der Waals surface area contributed by atoms with Crippen molar-refractivity contribution in [3.8, 4) is 0 Å². The third kappa shape index (κ3) is 5.61. The number of halogens is 2. The Morgan fingerprint density at radius 1 is 0.923 bits per heavy atom. The van der Waals surface area contributed by atoms with Crippen molar-refractivity contribution in [3.63, 3.8) is 0 Å². The van der Waals surface area contributed by atoms with E-state index >= 15 is 0 Å². The number of likely N-dealkylation sites (N-methyl/N-ethyl adjacent to an activating group) is 1. The van der Waals surface area contributed by atoms with Gasteiger partial charge < -0.3 is 9.22 Å². The monoisotopic (exact) mass is 362 g/mol. The molecule has 0 aliphatic heterocycles. The molecule has 0 saturated carbocycles. The first-order valence-electron chi connectivity index (χ1n) is 9.10. The number of rotatable bonds is 8. The van der Waals surface area contributed by atoms with Gasteiger partial charge in [0.15, 0.2) is 0 Å². The molecule has 4 heteroatoms. The molecule has 0 bridgehead atoms. The molecule has 2 nitrogen and oxygen atoms in total. The van der Waals surface area contributed by atoms with E-state index in [1.165, 1.54) is 34.9 Å². The molecular formula is C22H30F2NO+. The van der Waals surface area contributed by atoms with Crippen LogP contribution < -0.4 is 0 Å². The van der Waals surface area contributed by atoms with Gasteiger partial charge in [-0.25, -0.2) is 8.78 Å². The van der Waals surface area contributed by atoms with Gasteiger partial charge in [-0.2, -0.15) is 0 Å². The summed E-state index contributed by atoms with van der Waals surface area (Å²) in [7, 11) is 6.41. The van der Waals surface area contributed by atoms with Crippen LogP contribution in [0.4, 0.5) is 8.78 Å². The smallest absolute Gasteiger partial charge is 0.132 e. The second-order valence-electron chi connectivity index (χ2n) is 7.94. The second-order valence-corrected chi connectivity index (χ2v) is 7.94. The van der Waals surface area contributed by atoms with Crippen LogP contribution in [0.25, 0.3) is 0 Å². The third-order valence-electron chi connectivity index (χ3n) is 4.53. The van der Waals surface area contributed by atoms with E-state index in [0.29, 0.717) is 19.4 Å². The third-order valence-corrected chi connectivity index (χ3v) is 4.53. The van der Waals surface area contributed by atoms with Crippen molar-refractivity contribution >= 4 is 0 Å². The quantitative estimate of drug-likeness (QED) is 0.475. The summed E-state index contributed by atoms with van der Waals surface area (Å²) in [6, 6.07) is 10.2. The highest BCUT2D eigenvalue weighted by atomic mass is 19.1. The number of benzene rings is 2. The minimum absolute atomic E-state index is 0.0401. The summed E-state index contributed by atoms with van der Waals surface area (Å²) in [5.74, 6) is -0.967. The fourth-order valence-corrected chi connectivity index (χ4v) is 3.31. The van der Waals surface area contributed by atoms with Gasteiger partial charge in [0.2, 0.25) is 0 Å². The standard InChI is InChI=1S/C22H30F2NO/c1-16-9-6-10-17(2)22(16)21(15-25(3,4)5)26-14-8-11-18-19(23)12-7-13-20(18)24/h6-7,9-10,12-13,21H,8,11,14-15H2,1-5H3/q+1. The molecule has 0 aliphatic rings. The molecule has 2 rings (SSSR count). The fourth-order valence-electron chi connectivity index (χ4n) is 3.31. The van der Waals surface area contributed by atoms with E-state index in [2.05, 4.69) is 53.2 Å². The first kappa shape index (κ1) is 20.5. The maximum atomic E-state index is 13.7. The van der Waals surface area contributed by atoms with Crippen molar-refractivity contribution in [2.24, 2.45) is 0 Å². The van der Waals surface area contributed by atoms with Gasteiger partial charge in [-0.3, -0.25) is 0 Å². The number of ether oxygens (including phenoxy) is 1. The molecule has 0 saturated heterocycles. The van der Waals surface area contributed by atoms with Crippen LogP contribution in [0.2, 0.25) is 0 Å². The van der Waals surface area contributed by atoms with E-state index in [-0.39, 0.29) is 11.7 Å². The normalized spacial score (nSPS) is 13.0. The fraction of sp³-hybridized carbons (Fsp3) is 0.455. The van der Waals surface area contributed by atoms with Crippen LogP contribution in [0.15, 0.2) is 36.4 Å².